The average Bonchev–Trinajstić information content (AvgIpc) is 2.58. The number of hydrogen-bond donors (Lipinski definition) is 2. The Kier molecular flexibility index (Phi) is 1.95. The van der Waals surface area contributed by atoms with Crippen molar-refractivity contribution in [3.8, 4) is 0 Å². The summed E-state index contributed by atoms with van der Waals surface area (Å²) >= 11 is 0. The molecule has 2 aliphatic rings. The summed E-state index contributed by atoms with van der Waals surface area (Å²) in [6, 6.07) is 0.610. The third kappa shape index (κ3) is 1.46. The van der Waals surface area contributed by atoms with E-state index in [0.29, 0.717) is 6.04 Å². The molecule has 11 heavy (non-hydrogen) atoms. The third-order valence-corrected chi connectivity index (χ3v) is 2.28. The summed E-state index contributed by atoms with van der Waals surface area (Å²) in [4.78, 5) is 0. The Morgan fingerprint density at radius 3 is 3.09 bits per heavy atom. The molecule has 0 saturated carbocycles. The molecule has 0 amide bonds. The highest BCUT2D eigenvalue weighted by Gasteiger charge is 2.16. The van der Waals surface area contributed by atoms with Gasteiger partial charge in [0.2, 0.25) is 0 Å². The van der Waals surface area contributed by atoms with Crippen molar-refractivity contribution >= 4 is 0 Å². The van der Waals surface area contributed by atoms with Gasteiger partial charge in [0.25, 0.3) is 0 Å². The molecule has 0 radical (unpaired) electrons. The van der Waals surface area contributed by atoms with Crippen molar-refractivity contribution in [2.75, 3.05) is 13.1 Å². The molecule has 2 nitrogen and oxygen atoms in total. The summed E-state index contributed by atoms with van der Waals surface area (Å²) in [5, 5.41) is 6.69. The molecule has 1 unspecified atom stereocenters. The Morgan fingerprint density at radius 1 is 1.45 bits per heavy atom. The fourth-order valence-electron chi connectivity index (χ4n) is 1.67. The molecular weight excluding hydrogens is 136 g/mol. The van der Waals surface area contributed by atoms with Crippen molar-refractivity contribution in [2.24, 2.45) is 0 Å². The van der Waals surface area contributed by atoms with Gasteiger partial charge in [-0.2, -0.15) is 0 Å². The van der Waals surface area contributed by atoms with Crippen LogP contribution in [-0.4, -0.2) is 19.1 Å². The van der Waals surface area contributed by atoms with Crippen molar-refractivity contribution < 1.29 is 0 Å². The summed E-state index contributed by atoms with van der Waals surface area (Å²) in [5.41, 5.74) is 1.41. The molecule has 1 saturated heterocycles. The molecule has 60 valence electrons. The zero-order valence-electron chi connectivity index (χ0n) is 6.64. The predicted molar refractivity (Wildman–Crippen MR) is 46.3 cm³/mol. The molecule has 1 atom stereocenters. The maximum absolute atomic E-state index is 3.47. The lowest BCUT2D eigenvalue weighted by molar-refractivity contribution is 0.691. The van der Waals surface area contributed by atoms with Crippen molar-refractivity contribution in [3.63, 3.8) is 0 Å². The van der Waals surface area contributed by atoms with Crippen LogP contribution in [0.1, 0.15) is 12.8 Å². The summed E-state index contributed by atoms with van der Waals surface area (Å²) in [6.07, 6.45) is 9.13. The fourth-order valence-corrected chi connectivity index (χ4v) is 1.67. The van der Waals surface area contributed by atoms with Crippen molar-refractivity contribution in [1.82, 2.24) is 10.6 Å². The summed E-state index contributed by atoms with van der Waals surface area (Å²) in [5.74, 6) is 0. The minimum Gasteiger partial charge on any atom is -0.387 e. The van der Waals surface area contributed by atoms with Crippen LogP contribution in [0.15, 0.2) is 23.9 Å². The maximum Gasteiger partial charge on any atom is 0.0334 e. The Labute approximate surface area is 67.4 Å². The summed E-state index contributed by atoms with van der Waals surface area (Å²) in [7, 11) is 0. The van der Waals surface area contributed by atoms with E-state index in [1.165, 1.54) is 25.0 Å². The first-order valence-electron chi connectivity index (χ1n) is 4.30. The van der Waals surface area contributed by atoms with Crippen LogP contribution in [0.2, 0.25) is 0 Å². The highest BCUT2D eigenvalue weighted by molar-refractivity contribution is 5.27. The quantitative estimate of drug-likeness (QED) is 0.577. The highest BCUT2D eigenvalue weighted by atomic mass is 14.9. The van der Waals surface area contributed by atoms with E-state index >= 15 is 0 Å². The largest absolute Gasteiger partial charge is 0.387 e. The van der Waals surface area contributed by atoms with E-state index in [1.807, 2.05) is 0 Å². The molecule has 0 bridgehead atoms. The van der Waals surface area contributed by atoms with E-state index in [2.05, 4.69) is 29.0 Å². The highest BCUT2D eigenvalue weighted by Crippen LogP contribution is 2.15. The monoisotopic (exact) mass is 150 g/mol. The molecule has 0 aromatic rings. The molecule has 0 aromatic heterocycles. The molecule has 2 aliphatic heterocycles. The fraction of sp³-hybridized carbons (Fsp3) is 0.556. The van der Waals surface area contributed by atoms with Crippen LogP contribution in [-0.2, 0) is 0 Å². The minimum absolute atomic E-state index is 0.610. The van der Waals surface area contributed by atoms with E-state index in [0.717, 1.165) is 6.54 Å². The van der Waals surface area contributed by atoms with Gasteiger partial charge >= 0.3 is 0 Å². The van der Waals surface area contributed by atoms with Crippen molar-refractivity contribution in [1.29, 1.82) is 0 Å². The van der Waals surface area contributed by atoms with Gasteiger partial charge in [0.05, 0.1) is 0 Å². The van der Waals surface area contributed by atoms with E-state index in [9.17, 15) is 0 Å². The van der Waals surface area contributed by atoms with Crippen LogP contribution in [0.5, 0.6) is 0 Å². The lowest BCUT2D eigenvalue weighted by Gasteiger charge is -2.14. The smallest absolute Gasteiger partial charge is 0.0334 e. The van der Waals surface area contributed by atoms with Crippen LogP contribution >= 0.6 is 0 Å². The van der Waals surface area contributed by atoms with Crippen LogP contribution in [0.3, 0.4) is 0 Å². The lowest BCUT2D eigenvalue weighted by atomic mass is 10.1. The van der Waals surface area contributed by atoms with Gasteiger partial charge < -0.3 is 10.6 Å². The topological polar surface area (TPSA) is 24.1 Å². The molecule has 1 fully saturated rings. The van der Waals surface area contributed by atoms with Crippen LogP contribution in [0.4, 0.5) is 0 Å². The van der Waals surface area contributed by atoms with Gasteiger partial charge in [-0.05, 0) is 25.0 Å². The predicted octanol–water partition coefficient (Wildman–Crippen LogP) is 0.782. The zero-order chi connectivity index (χ0) is 7.52. The van der Waals surface area contributed by atoms with Gasteiger partial charge in [-0.1, -0.05) is 12.2 Å². The van der Waals surface area contributed by atoms with Gasteiger partial charge in [-0.15, -0.1) is 0 Å². The standard InChI is InChI=1S/C9H14N2/c1-3-8(7-10-5-1)9-4-2-6-11-9/h1,3,7,9-11H,2,4-6H2. The first-order chi connectivity index (χ1) is 5.47. The number of rotatable bonds is 1. The van der Waals surface area contributed by atoms with E-state index < -0.39 is 0 Å². The Balaban J connectivity index is 2.02. The molecular formula is C9H14N2. The Hall–Kier alpha value is -0.760. The molecule has 2 heterocycles. The lowest BCUT2D eigenvalue weighted by Crippen LogP contribution is -2.25. The molecule has 2 N–H and O–H groups in total. The van der Waals surface area contributed by atoms with Gasteiger partial charge in [0, 0.05) is 18.8 Å². The second-order valence-corrected chi connectivity index (χ2v) is 3.10. The molecule has 0 spiro atoms. The molecule has 0 aromatic carbocycles. The minimum atomic E-state index is 0.610. The van der Waals surface area contributed by atoms with Crippen molar-refractivity contribution in [2.45, 2.75) is 18.9 Å². The maximum atomic E-state index is 3.47. The van der Waals surface area contributed by atoms with E-state index in [4.69, 9.17) is 0 Å². The van der Waals surface area contributed by atoms with Crippen LogP contribution in [0, 0.1) is 0 Å². The van der Waals surface area contributed by atoms with Crippen molar-refractivity contribution in [3.05, 3.63) is 23.9 Å². The number of hydrogen-bond acceptors (Lipinski definition) is 2. The third-order valence-electron chi connectivity index (χ3n) is 2.28. The summed E-state index contributed by atoms with van der Waals surface area (Å²) < 4.78 is 0. The van der Waals surface area contributed by atoms with Gasteiger partial charge in [-0.25, -0.2) is 0 Å². The van der Waals surface area contributed by atoms with Crippen LogP contribution < -0.4 is 10.6 Å². The Morgan fingerprint density at radius 2 is 2.45 bits per heavy atom. The molecule has 2 rings (SSSR count). The molecule has 2 heteroatoms. The van der Waals surface area contributed by atoms with Gasteiger partial charge in [0.1, 0.15) is 0 Å². The van der Waals surface area contributed by atoms with Crippen LogP contribution in [0.25, 0.3) is 0 Å². The second-order valence-electron chi connectivity index (χ2n) is 3.10. The van der Waals surface area contributed by atoms with E-state index in [1.54, 1.807) is 0 Å². The summed E-state index contributed by atoms with van der Waals surface area (Å²) in [6.45, 7) is 2.16. The first-order valence-corrected chi connectivity index (χ1v) is 4.30. The number of dihydropyridines is 1. The second kappa shape index (κ2) is 3.09. The molecule has 0 aliphatic carbocycles. The zero-order valence-corrected chi connectivity index (χ0v) is 6.64. The average molecular weight is 150 g/mol. The van der Waals surface area contributed by atoms with Gasteiger partial charge in [-0.3, -0.25) is 0 Å². The van der Waals surface area contributed by atoms with E-state index in [-0.39, 0.29) is 0 Å². The Bertz CT molecular complexity index is 188. The normalized spacial score (nSPS) is 29.8. The SMILES string of the molecule is C1=CC(C2CCCN2)=CNC1. The number of nitrogens with one attached hydrogen (secondary N) is 2. The first kappa shape index (κ1) is 6.92. The van der Waals surface area contributed by atoms with Gasteiger partial charge in [0.15, 0.2) is 0 Å².